The third kappa shape index (κ3) is 5.32. The highest BCUT2D eigenvalue weighted by atomic mass is 32.2. The van der Waals surface area contributed by atoms with E-state index in [-0.39, 0.29) is 10.6 Å². The van der Waals surface area contributed by atoms with Crippen LogP contribution in [0.25, 0.3) is 0 Å². The first-order chi connectivity index (χ1) is 15.0. The van der Waals surface area contributed by atoms with Gasteiger partial charge in [0.15, 0.2) is 6.10 Å². The van der Waals surface area contributed by atoms with Gasteiger partial charge < -0.3 is 10.4 Å². The molecule has 0 radical (unpaired) electrons. The molecule has 0 bridgehead atoms. The minimum absolute atomic E-state index is 0.0120. The molecule has 160 valence electrons. The van der Waals surface area contributed by atoms with E-state index in [4.69, 9.17) is 0 Å². The highest BCUT2D eigenvalue weighted by Crippen LogP contribution is 2.59. The van der Waals surface area contributed by atoms with Crippen LogP contribution in [-0.4, -0.2) is 16.8 Å². The topological polar surface area (TPSA) is 49.3 Å². The normalized spacial score (nSPS) is 15.3. The van der Waals surface area contributed by atoms with Crippen LogP contribution in [0.3, 0.4) is 0 Å². The van der Waals surface area contributed by atoms with Crippen molar-refractivity contribution in [3.05, 3.63) is 89.7 Å². The van der Waals surface area contributed by atoms with Gasteiger partial charge in [0.2, 0.25) is 0 Å². The molecule has 4 rings (SSSR count). The van der Waals surface area contributed by atoms with Crippen LogP contribution in [0.1, 0.15) is 37.0 Å². The average Bonchev–Trinajstić information content (AvgIpc) is 3.57. The van der Waals surface area contributed by atoms with E-state index in [1.807, 2.05) is 48.5 Å². The molecule has 6 heteroatoms. The molecule has 2 N–H and O–H groups in total. The third-order valence-electron chi connectivity index (χ3n) is 5.26. The Morgan fingerprint density at radius 3 is 2.19 bits per heavy atom. The van der Waals surface area contributed by atoms with Gasteiger partial charge in [-0.1, -0.05) is 31.2 Å². The zero-order valence-electron chi connectivity index (χ0n) is 17.2. The number of halogens is 1. The summed E-state index contributed by atoms with van der Waals surface area (Å²) in [5.41, 5.74) is 2.40. The first-order valence-corrected chi connectivity index (χ1v) is 12.1. The monoisotopic (exact) mass is 453 g/mol. The van der Waals surface area contributed by atoms with E-state index < -0.39 is 12.0 Å². The van der Waals surface area contributed by atoms with E-state index in [1.54, 1.807) is 35.7 Å². The molecule has 1 saturated carbocycles. The largest absolute Gasteiger partial charge is 0.378 e. The molecular weight excluding hydrogens is 429 g/mol. The Kier molecular flexibility index (Phi) is 6.70. The second kappa shape index (κ2) is 9.47. The number of aliphatic hydroxyl groups excluding tert-OH is 1. The van der Waals surface area contributed by atoms with Crippen molar-refractivity contribution in [2.75, 3.05) is 11.1 Å². The van der Waals surface area contributed by atoms with E-state index >= 15 is 0 Å². The van der Waals surface area contributed by atoms with E-state index in [0.717, 1.165) is 28.4 Å². The lowest BCUT2D eigenvalue weighted by atomic mass is 10.1. The highest BCUT2D eigenvalue weighted by molar-refractivity contribution is 8.00. The average molecular weight is 454 g/mol. The number of anilines is 1. The number of benzene rings is 3. The van der Waals surface area contributed by atoms with Gasteiger partial charge in [-0.2, -0.15) is 0 Å². The Hall–Kier alpha value is -2.28. The molecule has 0 aliphatic heterocycles. The van der Waals surface area contributed by atoms with Crippen LogP contribution in [0.5, 0.6) is 0 Å². The number of aliphatic hydroxyl groups is 1. The summed E-state index contributed by atoms with van der Waals surface area (Å²) in [5, 5.41) is 13.2. The van der Waals surface area contributed by atoms with Gasteiger partial charge >= 0.3 is 0 Å². The molecule has 0 saturated heterocycles. The van der Waals surface area contributed by atoms with E-state index in [9.17, 15) is 14.3 Å². The van der Waals surface area contributed by atoms with Crippen LogP contribution in [0.4, 0.5) is 10.1 Å². The van der Waals surface area contributed by atoms with Crippen LogP contribution >= 0.6 is 23.5 Å². The second-order valence-corrected chi connectivity index (χ2v) is 10.3. The van der Waals surface area contributed by atoms with Gasteiger partial charge in [-0.05, 0) is 78.3 Å². The SMILES string of the molecule is CCSc1ccc(C(O)C(=O)Nc2ccc(C3(Sc4ccc(F)cc4)CC3)cc2)cc1. The van der Waals surface area contributed by atoms with Gasteiger partial charge in [-0.25, -0.2) is 4.39 Å². The van der Waals surface area contributed by atoms with Crippen LogP contribution in [0, 0.1) is 5.82 Å². The number of amides is 1. The van der Waals surface area contributed by atoms with Gasteiger partial charge in [0.1, 0.15) is 5.82 Å². The molecule has 3 nitrogen and oxygen atoms in total. The minimum Gasteiger partial charge on any atom is -0.378 e. The fraction of sp³-hybridized carbons (Fsp3) is 0.240. The number of rotatable bonds is 8. The minimum atomic E-state index is -1.22. The summed E-state index contributed by atoms with van der Waals surface area (Å²) >= 11 is 3.46. The summed E-state index contributed by atoms with van der Waals surface area (Å²) in [6, 6.07) is 21.8. The predicted molar refractivity (Wildman–Crippen MR) is 126 cm³/mol. The maximum Gasteiger partial charge on any atom is 0.257 e. The standard InChI is InChI=1S/C25H24FNO2S2/c1-2-30-21-11-3-17(4-12-21)23(28)24(29)27-20-9-5-18(6-10-20)25(15-16-25)31-22-13-7-19(26)8-14-22/h3-14,23,28H,2,15-16H2,1H3,(H,27,29). The van der Waals surface area contributed by atoms with Crippen molar-refractivity contribution in [1.82, 2.24) is 0 Å². The lowest BCUT2D eigenvalue weighted by Crippen LogP contribution is -2.20. The molecule has 3 aromatic rings. The zero-order chi connectivity index (χ0) is 21.8. The lowest BCUT2D eigenvalue weighted by Gasteiger charge is -2.17. The summed E-state index contributed by atoms with van der Waals surface area (Å²) in [6.07, 6.45) is 0.904. The molecule has 1 unspecified atom stereocenters. The van der Waals surface area contributed by atoms with Crippen LogP contribution in [-0.2, 0) is 9.54 Å². The molecule has 31 heavy (non-hydrogen) atoms. The van der Waals surface area contributed by atoms with Crippen LogP contribution in [0.15, 0.2) is 82.6 Å². The molecule has 1 atom stereocenters. The predicted octanol–water partition coefficient (Wildman–Crippen LogP) is 6.39. The van der Waals surface area contributed by atoms with E-state index in [0.29, 0.717) is 11.3 Å². The number of nitrogens with one attached hydrogen (secondary N) is 1. The summed E-state index contributed by atoms with van der Waals surface area (Å²) in [5.74, 6) is 0.292. The number of thioether (sulfide) groups is 2. The second-order valence-electron chi connectivity index (χ2n) is 7.52. The number of hydrogen-bond donors (Lipinski definition) is 2. The van der Waals surface area contributed by atoms with Crippen molar-refractivity contribution >= 4 is 35.1 Å². The fourth-order valence-electron chi connectivity index (χ4n) is 3.42. The van der Waals surface area contributed by atoms with Gasteiger partial charge in [-0.3, -0.25) is 4.79 Å². The van der Waals surface area contributed by atoms with Crippen molar-refractivity contribution < 1.29 is 14.3 Å². The van der Waals surface area contributed by atoms with Gasteiger partial charge in [0.05, 0.1) is 0 Å². The first-order valence-electron chi connectivity index (χ1n) is 10.3. The van der Waals surface area contributed by atoms with Crippen molar-refractivity contribution in [2.45, 2.75) is 40.4 Å². The lowest BCUT2D eigenvalue weighted by molar-refractivity contribution is -0.124. The fourth-order valence-corrected chi connectivity index (χ4v) is 5.37. The summed E-state index contributed by atoms with van der Waals surface area (Å²) in [6.45, 7) is 2.08. The molecule has 1 amide bonds. The third-order valence-corrected chi connectivity index (χ3v) is 7.70. The molecule has 1 aliphatic carbocycles. The highest BCUT2D eigenvalue weighted by Gasteiger charge is 2.45. The summed E-state index contributed by atoms with van der Waals surface area (Å²) in [4.78, 5) is 14.6. The van der Waals surface area contributed by atoms with Gasteiger partial charge in [0, 0.05) is 20.2 Å². The van der Waals surface area contributed by atoms with Gasteiger partial charge in [0.25, 0.3) is 5.91 Å². The van der Waals surface area contributed by atoms with Crippen LogP contribution in [0.2, 0.25) is 0 Å². The molecule has 1 fully saturated rings. The van der Waals surface area contributed by atoms with E-state index in [1.165, 1.54) is 17.7 Å². The smallest absolute Gasteiger partial charge is 0.257 e. The maximum atomic E-state index is 13.2. The Morgan fingerprint density at radius 2 is 1.61 bits per heavy atom. The number of carbonyl (C=O) groups excluding carboxylic acids is 1. The summed E-state index contributed by atoms with van der Waals surface area (Å²) < 4.78 is 13.2. The van der Waals surface area contributed by atoms with Crippen molar-refractivity contribution in [2.24, 2.45) is 0 Å². The maximum absolute atomic E-state index is 13.2. The van der Waals surface area contributed by atoms with Crippen molar-refractivity contribution in [3.63, 3.8) is 0 Å². The number of carbonyl (C=O) groups is 1. The summed E-state index contributed by atoms with van der Waals surface area (Å²) in [7, 11) is 0. The Bertz CT molecular complexity index is 1030. The Morgan fingerprint density at radius 1 is 1.00 bits per heavy atom. The van der Waals surface area contributed by atoms with E-state index in [2.05, 4.69) is 12.2 Å². The van der Waals surface area contributed by atoms with Crippen molar-refractivity contribution in [3.8, 4) is 0 Å². The molecule has 0 heterocycles. The first kappa shape index (κ1) is 21.9. The molecule has 3 aromatic carbocycles. The molecular formula is C25H24FNO2S2. The quantitative estimate of drug-likeness (QED) is 0.388. The molecule has 0 spiro atoms. The Labute approximate surface area is 190 Å². The van der Waals surface area contributed by atoms with Crippen molar-refractivity contribution in [1.29, 1.82) is 0 Å². The van der Waals surface area contributed by atoms with Gasteiger partial charge in [-0.15, -0.1) is 23.5 Å². The Balaban J connectivity index is 1.39. The zero-order valence-corrected chi connectivity index (χ0v) is 18.8. The number of hydrogen-bond acceptors (Lipinski definition) is 4. The molecule has 0 aromatic heterocycles. The molecule has 1 aliphatic rings. The van der Waals surface area contributed by atoms with Crippen LogP contribution < -0.4 is 5.32 Å².